The van der Waals surface area contributed by atoms with E-state index in [9.17, 15) is 15.0 Å². The van der Waals surface area contributed by atoms with E-state index in [0.717, 1.165) is 0 Å². The Morgan fingerprint density at radius 1 is 1.18 bits per heavy atom. The monoisotopic (exact) mass is 462 g/mol. The van der Waals surface area contributed by atoms with Crippen LogP contribution < -0.4 is 10.6 Å². The number of nitrogens with zero attached hydrogens (tertiary/aromatic N) is 8. The van der Waals surface area contributed by atoms with Crippen LogP contribution in [0, 0.1) is 11.3 Å². The second-order valence-corrected chi connectivity index (χ2v) is 8.57. The molecule has 4 N–H and O–H groups in total. The summed E-state index contributed by atoms with van der Waals surface area (Å²) in [5.74, 6) is 0.199. The maximum Gasteiger partial charge on any atom is 0.256 e. The van der Waals surface area contributed by atoms with Crippen LogP contribution in [0.5, 0.6) is 0 Å². The van der Waals surface area contributed by atoms with Gasteiger partial charge in [0.2, 0.25) is 5.91 Å². The SMILES string of the molecule is CNC(=O)[C@]12CC1[C@@H](n1cnc3c(NC)nc(-n4cc(-c5ccccn5)nn4)nc31)C(O)[C@@H]2O. The maximum absolute atomic E-state index is 12.5. The summed E-state index contributed by atoms with van der Waals surface area (Å²) < 4.78 is 3.15. The number of aromatic nitrogens is 8. The normalized spacial score (nSPS) is 27.5. The molecule has 0 aliphatic heterocycles. The Kier molecular flexibility index (Phi) is 4.41. The van der Waals surface area contributed by atoms with Gasteiger partial charge in [-0.25, -0.2) is 4.98 Å². The lowest BCUT2D eigenvalue weighted by Gasteiger charge is -2.23. The van der Waals surface area contributed by atoms with Gasteiger partial charge in [0.1, 0.15) is 11.8 Å². The summed E-state index contributed by atoms with van der Waals surface area (Å²) in [5, 5.41) is 35.6. The predicted octanol–water partition coefficient (Wildman–Crippen LogP) is -0.461. The van der Waals surface area contributed by atoms with E-state index in [0.29, 0.717) is 34.8 Å². The topological polar surface area (TPSA) is 169 Å². The summed E-state index contributed by atoms with van der Waals surface area (Å²) in [4.78, 5) is 30.4. The van der Waals surface area contributed by atoms with Crippen LogP contribution in [0.3, 0.4) is 0 Å². The van der Waals surface area contributed by atoms with Crippen molar-refractivity contribution in [1.82, 2.24) is 44.8 Å². The van der Waals surface area contributed by atoms with Gasteiger partial charge in [0, 0.05) is 26.2 Å². The second-order valence-electron chi connectivity index (χ2n) is 8.57. The molecule has 0 saturated heterocycles. The van der Waals surface area contributed by atoms with Crippen LogP contribution in [-0.4, -0.2) is 81.9 Å². The smallest absolute Gasteiger partial charge is 0.256 e. The third-order valence-corrected chi connectivity index (χ3v) is 6.92. The highest BCUT2D eigenvalue weighted by Gasteiger charge is 2.75. The Labute approximate surface area is 192 Å². The number of anilines is 1. The molecule has 4 aromatic rings. The Bertz CT molecular complexity index is 1400. The largest absolute Gasteiger partial charge is 0.389 e. The quantitative estimate of drug-likeness (QED) is 0.304. The molecule has 2 aliphatic rings. The van der Waals surface area contributed by atoms with Gasteiger partial charge < -0.3 is 25.4 Å². The van der Waals surface area contributed by atoms with E-state index in [1.54, 1.807) is 30.3 Å². The minimum absolute atomic E-state index is 0.242. The van der Waals surface area contributed by atoms with Crippen LogP contribution in [0.2, 0.25) is 0 Å². The molecule has 0 spiro atoms. The summed E-state index contributed by atoms with van der Waals surface area (Å²) in [6.45, 7) is 0. The zero-order chi connectivity index (χ0) is 23.6. The number of pyridine rings is 1. The number of carbonyl (C=O) groups excluding carboxylic acids is 1. The highest BCUT2D eigenvalue weighted by atomic mass is 16.3. The van der Waals surface area contributed by atoms with Crippen LogP contribution in [0.1, 0.15) is 12.5 Å². The van der Waals surface area contributed by atoms with E-state index in [1.807, 2.05) is 18.2 Å². The van der Waals surface area contributed by atoms with Gasteiger partial charge in [-0.3, -0.25) is 9.78 Å². The number of imidazole rings is 1. The van der Waals surface area contributed by atoms with Crippen molar-refractivity contribution in [2.24, 2.45) is 11.3 Å². The first kappa shape index (κ1) is 20.6. The highest BCUT2D eigenvalue weighted by Crippen LogP contribution is 2.67. The van der Waals surface area contributed by atoms with Crippen LogP contribution in [0.15, 0.2) is 36.9 Å². The van der Waals surface area contributed by atoms with Crippen molar-refractivity contribution in [3.63, 3.8) is 0 Å². The molecule has 0 radical (unpaired) electrons. The van der Waals surface area contributed by atoms with Crippen LogP contribution in [-0.2, 0) is 4.79 Å². The molecule has 34 heavy (non-hydrogen) atoms. The van der Waals surface area contributed by atoms with Crippen molar-refractivity contribution in [1.29, 1.82) is 0 Å². The maximum atomic E-state index is 12.5. The number of rotatable bonds is 5. The summed E-state index contributed by atoms with van der Waals surface area (Å²) in [6, 6.07) is 4.94. The van der Waals surface area contributed by atoms with Gasteiger partial charge in [-0.15, -0.1) is 5.10 Å². The minimum Gasteiger partial charge on any atom is -0.389 e. The van der Waals surface area contributed by atoms with Crippen molar-refractivity contribution in [3.05, 3.63) is 36.9 Å². The average molecular weight is 462 g/mol. The number of fused-ring (bicyclic) bond motifs is 2. The van der Waals surface area contributed by atoms with E-state index < -0.39 is 23.7 Å². The number of nitrogens with one attached hydrogen (secondary N) is 2. The molecular weight excluding hydrogens is 440 g/mol. The van der Waals surface area contributed by atoms with Crippen molar-refractivity contribution in [2.45, 2.75) is 24.7 Å². The Balaban J connectivity index is 1.44. The zero-order valence-electron chi connectivity index (χ0n) is 18.4. The zero-order valence-corrected chi connectivity index (χ0v) is 18.4. The number of amides is 1. The van der Waals surface area contributed by atoms with Crippen LogP contribution in [0.25, 0.3) is 28.5 Å². The first-order valence-corrected chi connectivity index (χ1v) is 10.8. The van der Waals surface area contributed by atoms with Crippen molar-refractivity contribution in [3.8, 4) is 17.3 Å². The third-order valence-electron chi connectivity index (χ3n) is 6.92. The Morgan fingerprint density at radius 3 is 2.76 bits per heavy atom. The lowest BCUT2D eigenvalue weighted by Crippen LogP contribution is -2.41. The molecule has 6 rings (SSSR count). The van der Waals surface area contributed by atoms with Gasteiger partial charge >= 0.3 is 0 Å². The van der Waals surface area contributed by atoms with Crippen LogP contribution in [0.4, 0.5) is 5.82 Å². The fourth-order valence-electron chi connectivity index (χ4n) is 5.18. The summed E-state index contributed by atoms with van der Waals surface area (Å²) in [5.41, 5.74) is 1.17. The van der Waals surface area contributed by atoms with Crippen LogP contribution >= 0.6 is 0 Å². The summed E-state index contributed by atoms with van der Waals surface area (Å²) in [6.07, 6.45) is 3.06. The predicted molar refractivity (Wildman–Crippen MR) is 119 cm³/mol. The number of aliphatic hydroxyl groups is 2. The van der Waals surface area contributed by atoms with E-state index >= 15 is 0 Å². The van der Waals surface area contributed by atoms with E-state index in [4.69, 9.17) is 0 Å². The lowest BCUT2D eigenvalue weighted by molar-refractivity contribution is -0.132. The molecule has 0 bridgehead atoms. The van der Waals surface area contributed by atoms with E-state index in [-0.39, 0.29) is 17.8 Å². The molecule has 2 unspecified atom stereocenters. The molecule has 1 amide bonds. The van der Waals surface area contributed by atoms with Gasteiger partial charge in [-0.05, 0) is 18.6 Å². The highest BCUT2D eigenvalue weighted by molar-refractivity contribution is 5.88. The van der Waals surface area contributed by atoms with Gasteiger partial charge in [0.05, 0.1) is 35.8 Å². The molecule has 0 aromatic carbocycles. The van der Waals surface area contributed by atoms with Gasteiger partial charge in [-0.2, -0.15) is 14.6 Å². The first-order chi connectivity index (χ1) is 16.5. The second kappa shape index (κ2) is 7.27. The number of hydrogen-bond acceptors (Lipinski definition) is 10. The van der Waals surface area contributed by atoms with Crippen molar-refractivity contribution in [2.75, 3.05) is 19.4 Å². The molecule has 13 heteroatoms. The van der Waals surface area contributed by atoms with Gasteiger partial charge in [-0.1, -0.05) is 11.3 Å². The van der Waals surface area contributed by atoms with Crippen molar-refractivity contribution >= 4 is 22.9 Å². The molecule has 4 aromatic heterocycles. The molecular formula is C21H22N10O3. The molecule has 13 nitrogen and oxygen atoms in total. The number of carbonyl (C=O) groups is 1. The molecule has 5 atom stereocenters. The Morgan fingerprint density at radius 2 is 2.03 bits per heavy atom. The molecule has 2 aliphatic carbocycles. The average Bonchev–Trinajstić information content (AvgIpc) is 3.14. The fraction of sp³-hybridized carbons (Fsp3) is 0.381. The molecule has 2 fully saturated rings. The standard InChI is InChI=1S/C21H22N10O3/c1-22-17-13-18(27-20(26-17)31-8-12(28-29-31)11-5-3-4-6-24-11)30(9-25-13)14-10-7-21(10,19(34)23-2)16(33)15(14)32/h3-6,8-10,14-16,32-33H,7H2,1-2H3,(H,23,34)(H,22,26,27)/t10?,14-,15?,16+,21-/m1/s1. The summed E-state index contributed by atoms with van der Waals surface area (Å²) >= 11 is 0. The third kappa shape index (κ3) is 2.70. The lowest BCUT2D eigenvalue weighted by atomic mass is 9.98. The number of hydrogen-bond donors (Lipinski definition) is 4. The van der Waals surface area contributed by atoms with Gasteiger partial charge in [0.25, 0.3) is 5.95 Å². The fourth-order valence-corrected chi connectivity index (χ4v) is 5.18. The molecule has 2 saturated carbocycles. The molecule has 174 valence electrons. The molecule has 4 heterocycles. The van der Waals surface area contributed by atoms with Gasteiger partial charge in [0.15, 0.2) is 17.0 Å². The Hall–Kier alpha value is -3.97. The summed E-state index contributed by atoms with van der Waals surface area (Å²) in [7, 11) is 3.25. The van der Waals surface area contributed by atoms with E-state index in [2.05, 4.69) is 40.9 Å². The van der Waals surface area contributed by atoms with Crippen molar-refractivity contribution < 1.29 is 15.0 Å². The first-order valence-electron chi connectivity index (χ1n) is 10.8. The van der Waals surface area contributed by atoms with E-state index in [1.165, 1.54) is 11.7 Å². The minimum atomic E-state index is -1.18. The number of aliphatic hydroxyl groups excluding tert-OH is 2.